The van der Waals surface area contributed by atoms with E-state index in [-0.39, 0.29) is 29.0 Å². The third kappa shape index (κ3) is 6.80. The molecule has 0 amide bonds. The quantitative estimate of drug-likeness (QED) is 0.140. The van der Waals surface area contributed by atoms with E-state index in [1.807, 2.05) is 0 Å². The molecule has 2 nitrogen and oxygen atoms in total. The van der Waals surface area contributed by atoms with Crippen LogP contribution in [0.2, 0.25) is 0 Å². The van der Waals surface area contributed by atoms with E-state index < -0.39 is 5.41 Å². The van der Waals surface area contributed by atoms with Gasteiger partial charge in [0.1, 0.15) is 0 Å². The molecule has 0 saturated heterocycles. The Labute approximate surface area is 459 Å². The van der Waals surface area contributed by atoms with Crippen molar-refractivity contribution < 1.29 is 0 Å². The Morgan fingerprint density at radius 3 is 1.03 bits per heavy atom. The van der Waals surface area contributed by atoms with Gasteiger partial charge in [0.2, 0.25) is 0 Å². The first-order chi connectivity index (χ1) is 38.2. The van der Waals surface area contributed by atoms with E-state index >= 15 is 0 Å². The van der Waals surface area contributed by atoms with Crippen LogP contribution in [0.25, 0.3) is 83.1 Å². The molecule has 2 aliphatic rings. The van der Waals surface area contributed by atoms with Gasteiger partial charge in [0.15, 0.2) is 0 Å². The maximum atomic E-state index is 2.51. The summed E-state index contributed by atoms with van der Waals surface area (Å²) < 4.78 is 5.88. The summed E-state index contributed by atoms with van der Waals surface area (Å²) in [5.41, 5.74) is 21.6. The van der Waals surface area contributed by atoms with Crippen molar-refractivity contribution in [2.45, 2.75) is 5.41 Å². The number of hydrogen-bond acceptors (Lipinski definition) is 2. The molecule has 4 heteroatoms. The average Bonchev–Trinajstić information content (AvgIpc) is 4.06. The van der Waals surface area contributed by atoms with Crippen LogP contribution in [0.4, 0.5) is 34.1 Å². The topological polar surface area (TPSA) is 6.48 Å². The fraction of sp³-hybridized carbons (Fsp3) is 0.0137. The van der Waals surface area contributed by atoms with Gasteiger partial charge in [-0.15, -0.1) is 0 Å². The fourth-order valence-corrected chi connectivity index (χ4v) is 18.2. The molecule has 0 saturated carbocycles. The van der Waals surface area contributed by atoms with Crippen molar-refractivity contribution in [2.24, 2.45) is 0 Å². The molecule has 14 aromatic rings. The van der Waals surface area contributed by atoms with Crippen LogP contribution < -0.4 is 9.80 Å². The fourth-order valence-electron chi connectivity index (χ4n) is 13.0. The molecule has 1 spiro atoms. The van der Waals surface area contributed by atoms with Crippen molar-refractivity contribution in [2.75, 3.05) is 9.80 Å². The average molecular weight is 1110 g/mol. The van der Waals surface area contributed by atoms with Crippen molar-refractivity contribution >= 4 is 102 Å². The van der Waals surface area contributed by atoms with Crippen molar-refractivity contribution in [3.8, 4) is 44.5 Å². The first-order valence-corrected chi connectivity index (χ1v) is 29.8. The third-order valence-electron chi connectivity index (χ3n) is 16.3. The summed E-state index contributed by atoms with van der Waals surface area (Å²) >= 11 is 0.521. The van der Waals surface area contributed by atoms with Gasteiger partial charge >= 0.3 is 403 Å². The Balaban J connectivity index is 0.851. The van der Waals surface area contributed by atoms with E-state index in [1.54, 1.807) is 0 Å². The van der Waals surface area contributed by atoms with Crippen molar-refractivity contribution in [1.29, 1.82) is 0 Å². The summed E-state index contributed by atoms with van der Waals surface area (Å²) in [6, 6.07) is 105. The van der Waals surface area contributed by atoms with Gasteiger partial charge in [-0.05, 0) is 11.1 Å². The molecule has 77 heavy (non-hydrogen) atoms. The molecule has 16 rings (SSSR count). The van der Waals surface area contributed by atoms with Gasteiger partial charge in [-0.2, -0.15) is 0 Å². The van der Waals surface area contributed by atoms with Crippen LogP contribution in [0.1, 0.15) is 22.3 Å². The molecular formula is C73H46N2Se2. The van der Waals surface area contributed by atoms with E-state index in [2.05, 4.69) is 289 Å². The number of nitrogens with zero attached hydrogens (tertiary/aromatic N) is 2. The molecular weight excluding hydrogens is 1060 g/mol. The zero-order chi connectivity index (χ0) is 50.6. The van der Waals surface area contributed by atoms with Crippen LogP contribution in [0.3, 0.4) is 0 Å². The first-order valence-electron chi connectivity index (χ1n) is 26.4. The summed E-state index contributed by atoms with van der Waals surface area (Å²) in [7, 11) is 0. The van der Waals surface area contributed by atoms with Gasteiger partial charge in [0.25, 0.3) is 0 Å². The van der Waals surface area contributed by atoms with Crippen LogP contribution in [-0.4, -0.2) is 29.0 Å². The zero-order valence-electron chi connectivity index (χ0n) is 41.8. The number of fused-ring (bicyclic) bond motifs is 16. The van der Waals surface area contributed by atoms with E-state index in [9.17, 15) is 0 Å². The van der Waals surface area contributed by atoms with Crippen LogP contribution >= 0.6 is 0 Å². The summed E-state index contributed by atoms with van der Waals surface area (Å²) in [6.45, 7) is 0. The summed E-state index contributed by atoms with van der Waals surface area (Å²) in [5, 5.41) is 5.52. The zero-order valence-corrected chi connectivity index (χ0v) is 45.2. The molecule has 0 fully saturated rings. The molecule has 0 aliphatic heterocycles. The second-order valence-corrected chi connectivity index (χ2v) is 24.7. The molecule has 2 heterocycles. The second-order valence-electron chi connectivity index (χ2n) is 20.3. The maximum absolute atomic E-state index is 2.51. The number of rotatable bonds is 8. The van der Waals surface area contributed by atoms with Gasteiger partial charge in [-0.1, -0.05) is 48.5 Å². The van der Waals surface area contributed by atoms with Gasteiger partial charge in [-0.25, -0.2) is 0 Å². The molecule has 2 aromatic heterocycles. The van der Waals surface area contributed by atoms with Gasteiger partial charge < -0.3 is 0 Å². The monoisotopic (exact) mass is 1110 g/mol. The Morgan fingerprint density at radius 2 is 0.571 bits per heavy atom. The molecule has 0 N–H and O–H groups in total. The third-order valence-corrected chi connectivity index (χ3v) is 21.4. The molecule has 2 aliphatic carbocycles. The Morgan fingerprint density at radius 1 is 0.234 bits per heavy atom. The van der Waals surface area contributed by atoms with Crippen molar-refractivity contribution in [3.63, 3.8) is 0 Å². The minimum atomic E-state index is -0.581. The second kappa shape index (κ2) is 17.7. The predicted octanol–water partition coefficient (Wildman–Crippen LogP) is 19.0. The standard InChI is InChI=1S/C73H46N2Se2/c1-3-17-49(18-4-1)74(51-37-33-47(34-38-51)55-25-15-27-63-61-23-9-13-31-69(61)76-71(55)63)53-41-43-59-60-44-42-54(46-68(60)73(67(59)45-53)65-29-11-7-21-57(65)58-22-8-12-30-66(58)73)75(50-19-5-2-6-20-50)52-39-35-48(36-40-52)56-26-16-28-64-62-24-10-14-32-70(62)77-72(56)64/h1-46H. The molecule has 0 atom stereocenters. The summed E-state index contributed by atoms with van der Waals surface area (Å²) in [6.07, 6.45) is 0. The SMILES string of the molecule is c1ccc(N(c2ccc(-c3cccc4c3[se]c3ccccc34)cc2)c2ccc3c(c2)C2(c4ccccc4-c4ccccc42)c2cc(N(c4ccccc4)c4ccc(-c5cccc6c5[se]c5ccccc56)cc4)ccc2-3)cc1. The summed E-state index contributed by atoms with van der Waals surface area (Å²) in [4.78, 5) is 4.89. The molecule has 0 radical (unpaired) electrons. The molecule has 12 aromatic carbocycles. The van der Waals surface area contributed by atoms with Gasteiger partial charge in [-0.3, -0.25) is 0 Å². The van der Waals surface area contributed by atoms with E-state index in [0.29, 0.717) is 0 Å². The van der Waals surface area contributed by atoms with Gasteiger partial charge in [0, 0.05) is 0 Å². The molecule has 360 valence electrons. The van der Waals surface area contributed by atoms with Crippen molar-refractivity contribution in [1.82, 2.24) is 0 Å². The first kappa shape index (κ1) is 44.6. The van der Waals surface area contributed by atoms with E-state index in [0.717, 1.165) is 34.1 Å². The Kier molecular flexibility index (Phi) is 10.2. The normalized spacial score (nSPS) is 12.8. The Hall–Kier alpha value is -8.72. The number of anilines is 6. The van der Waals surface area contributed by atoms with Gasteiger partial charge in [0.05, 0.1) is 0 Å². The van der Waals surface area contributed by atoms with Crippen LogP contribution in [-0.2, 0) is 5.41 Å². The van der Waals surface area contributed by atoms with Crippen molar-refractivity contribution in [3.05, 3.63) is 301 Å². The number of benzene rings is 12. The minimum absolute atomic E-state index is 0.261. The number of para-hydroxylation sites is 2. The summed E-state index contributed by atoms with van der Waals surface area (Å²) in [5.74, 6) is 0. The van der Waals surface area contributed by atoms with Crippen LogP contribution in [0.5, 0.6) is 0 Å². The molecule has 0 unspecified atom stereocenters. The van der Waals surface area contributed by atoms with E-state index in [1.165, 1.54) is 105 Å². The van der Waals surface area contributed by atoms with Crippen LogP contribution in [0, 0.1) is 0 Å². The molecule has 0 bridgehead atoms. The number of hydrogen-bond donors (Lipinski definition) is 0. The van der Waals surface area contributed by atoms with Crippen LogP contribution in [0.15, 0.2) is 279 Å². The predicted molar refractivity (Wildman–Crippen MR) is 327 cm³/mol. The Bertz CT molecular complexity index is 4330. The van der Waals surface area contributed by atoms with E-state index in [4.69, 9.17) is 0 Å².